The van der Waals surface area contributed by atoms with Gasteiger partial charge in [0.25, 0.3) is 11.8 Å². The second kappa shape index (κ2) is 7.51. The van der Waals surface area contributed by atoms with Gasteiger partial charge in [0, 0.05) is 11.6 Å². The van der Waals surface area contributed by atoms with Crippen LogP contribution in [0.5, 0.6) is 11.5 Å². The summed E-state index contributed by atoms with van der Waals surface area (Å²) >= 11 is 6.51. The molecule has 0 aliphatic carbocycles. The van der Waals surface area contributed by atoms with E-state index in [-0.39, 0.29) is 14.8 Å². The van der Waals surface area contributed by atoms with Crippen LogP contribution in [-0.2, 0) is 9.59 Å². The molecule has 29 heavy (non-hydrogen) atoms. The standard InChI is InChI=1S/C20H16N2O5S2/c1-26-11-7-8-15(27-2)14(9-11)22-19(25)17(29-20(22)28)16-12-5-3-4-6-13(12)21(10-23)18(16)24/h3-9,23H,10H2,1-2H3/b17-16-. The van der Waals surface area contributed by atoms with E-state index in [1.165, 1.54) is 24.0 Å². The van der Waals surface area contributed by atoms with Gasteiger partial charge in [0.2, 0.25) is 0 Å². The van der Waals surface area contributed by atoms with Crippen molar-refractivity contribution < 1.29 is 24.2 Å². The van der Waals surface area contributed by atoms with E-state index in [9.17, 15) is 14.7 Å². The topological polar surface area (TPSA) is 79.3 Å². The van der Waals surface area contributed by atoms with Crippen molar-refractivity contribution in [2.75, 3.05) is 30.8 Å². The van der Waals surface area contributed by atoms with Crippen LogP contribution in [0.4, 0.5) is 11.4 Å². The van der Waals surface area contributed by atoms with Crippen molar-refractivity contribution in [3.8, 4) is 11.5 Å². The third kappa shape index (κ3) is 2.98. The summed E-state index contributed by atoms with van der Waals surface area (Å²) in [5.41, 5.74) is 1.81. The lowest BCUT2D eigenvalue weighted by Gasteiger charge is -2.18. The Morgan fingerprint density at radius 1 is 1.03 bits per heavy atom. The minimum atomic E-state index is -0.483. The van der Waals surface area contributed by atoms with Crippen molar-refractivity contribution in [3.63, 3.8) is 0 Å². The second-order valence-electron chi connectivity index (χ2n) is 6.14. The number of hydrogen-bond acceptors (Lipinski definition) is 7. The Balaban J connectivity index is 1.86. The van der Waals surface area contributed by atoms with Gasteiger partial charge >= 0.3 is 0 Å². The number of benzene rings is 2. The van der Waals surface area contributed by atoms with E-state index in [2.05, 4.69) is 0 Å². The molecule has 0 atom stereocenters. The molecule has 2 aliphatic heterocycles. The van der Waals surface area contributed by atoms with Crippen LogP contribution in [0.25, 0.3) is 5.57 Å². The lowest BCUT2D eigenvalue weighted by molar-refractivity contribution is -0.115. The van der Waals surface area contributed by atoms with E-state index >= 15 is 0 Å². The molecule has 2 aliphatic rings. The first-order chi connectivity index (χ1) is 14.0. The maximum atomic E-state index is 13.4. The molecular weight excluding hydrogens is 412 g/mol. The lowest BCUT2D eigenvalue weighted by Crippen LogP contribution is -2.30. The van der Waals surface area contributed by atoms with Crippen molar-refractivity contribution in [2.45, 2.75) is 0 Å². The predicted molar refractivity (Wildman–Crippen MR) is 115 cm³/mol. The van der Waals surface area contributed by atoms with Crippen molar-refractivity contribution in [3.05, 3.63) is 52.9 Å². The fraction of sp³-hybridized carbons (Fsp3) is 0.150. The SMILES string of the molecule is COc1ccc(OC)c(N2C(=O)/C(=C3/C(=O)N(CO)c4ccccc43)SC2=S)c1. The highest BCUT2D eigenvalue weighted by atomic mass is 32.2. The molecule has 4 rings (SSSR count). The Hall–Kier alpha value is -2.88. The van der Waals surface area contributed by atoms with Crippen molar-refractivity contribution in [1.82, 2.24) is 0 Å². The molecule has 0 aromatic heterocycles. The van der Waals surface area contributed by atoms with E-state index < -0.39 is 18.5 Å². The minimum Gasteiger partial charge on any atom is -0.497 e. The van der Waals surface area contributed by atoms with Gasteiger partial charge in [-0.3, -0.25) is 19.4 Å². The third-order valence-electron chi connectivity index (χ3n) is 4.69. The van der Waals surface area contributed by atoms with Crippen LogP contribution in [0.2, 0.25) is 0 Å². The van der Waals surface area contributed by atoms with Crippen molar-refractivity contribution in [2.24, 2.45) is 0 Å². The Bertz CT molecular complexity index is 1080. The normalized spacial score (nSPS) is 18.5. The summed E-state index contributed by atoms with van der Waals surface area (Å²) in [7, 11) is 3.02. The molecule has 2 aromatic carbocycles. The highest BCUT2D eigenvalue weighted by Gasteiger charge is 2.43. The van der Waals surface area contributed by atoms with Gasteiger partial charge in [0.15, 0.2) is 4.32 Å². The van der Waals surface area contributed by atoms with Crippen LogP contribution >= 0.6 is 24.0 Å². The molecule has 0 bridgehead atoms. The number of hydrogen-bond donors (Lipinski definition) is 1. The quantitative estimate of drug-likeness (QED) is 0.593. The predicted octanol–water partition coefficient (Wildman–Crippen LogP) is 2.78. The van der Waals surface area contributed by atoms with Gasteiger partial charge in [-0.1, -0.05) is 42.2 Å². The molecule has 1 N–H and O–H groups in total. The number of fused-ring (bicyclic) bond motifs is 1. The number of amides is 2. The molecule has 0 spiro atoms. The van der Waals surface area contributed by atoms with Gasteiger partial charge < -0.3 is 14.6 Å². The molecule has 9 heteroatoms. The summed E-state index contributed by atoms with van der Waals surface area (Å²) in [5.74, 6) is 0.121. The number of carbonyl (C=O) groups is 2. The summed E-state index contributed by atoms with van der Waals surface area (Å²) in [4.78, 5) is 29.1. The van der Waals surface area contributed by atoms with Gasteiger partial charge in [-0.15, -0.1) is 0 Å². The zero-order valence-electron chi connectivity index (χ0n) is 15.5. The lowest BCUT2D eigenvalue weighted by atomic mass is 10.1. The van der Waals surface area contributed by atoms with Crippen molar-refractivity contribution in [1.29, 1.82) is 0 Å². The van der Waals surface area contributed by atoms with Crippen LogP contribution in [0.15, 0.2) is 47.4 Å². The zero-order valence-corrected chi connectivity index (χ0v) is 17.2. The molecular formula is C20H16N2O5S2. The first-order valence-electron chi connectivity index (χ1n) is 8.56. The first-order valence-corrected chi connectivity index (χ1v) is 9.79. The molecule has 2 aromatic rings. The van der Waals surface area contributed by atoms with Gasteiger partial charge in [-0.05, 0) is 18.2 Å². The minimum absolute atomic E-state index is 0.216. The molecule has 0 saturated carbocycles. The maximum Gasteiger partial charge on any atom is 0.271 e. The Morgan fingerprint density at radius 3 is 2.48 bits per heavy atom. The van der Waals surface area contributed by atoms with Crippen molar-refractivity contribution >= 4 is 57.1 Å². The van der Waals surface area contributed by atoms with E-state index in [1.54, 1.807) is 42.5 Å². The molecule has 0 unspecified atom stereocenters. The summed E-state index contributed by atoms with van der Waals surface area (Å²) in [5, 5.41) is 9.64. The van der Waals surface area contributed by atoms with E-state index in [0.717, 1.165) is 11.8 Å². The fourth-order valence-corrected chi connectivity index (χ4v) is 4.69. The molecule has 2 heterocycles. The number of rotatable bonds is 4. The van der Waals surface area contributed by atoms with Crippen LogP contribution in [0.3, 0.4) is 0 Å². The Kier molecular flexibility index (Phi) is 5.03. The average Bonchev–Trinajstić information content (AvgIpc) is 3.18. The maximum absolute atomic E-state index is 13.4. The third-order valence-corrected chi connectivity index (χ3v) is 6.06. The van der Waals surface area contributed by atoms with E-state index in [1.807, 2.05) is 0 Å². The number of anilines is 2. The van der Waals surface area contributed by atoms with Gasteiger partial charge in [0.1, 0.15) is 18.2 Å². The number of thiocarbonyl (C=S) groups is 1. The van der Waals surface area contributed by atoms with Crippen LogP contribution in [-0.4, -0.2) is 42.2 Å². The van der Waals surface area contributed by atoms with Crippen LogP contribution < -0.4 is 19.3 Å². The molecule has 0 radical (unpaired) electrons. The summed E-state index contributed by atoms with van der Waals surface area (Å²) in [6.45, 7) is -0.483. The van der Waals surface area contributed by atoms with Gasteiger partial charge in [-0.25, -0.2) is 0 Å². The Morgan fingerprint density at radius 2 is 1.79 bits per heavy atom. The number of carbonyl (C=O) groups excluding carboxylic acids is 2. The molecule has 1 fully saturated rings. The number of methoxy groups -OCH3 is 2. The van der Waals surface area contributed by atoms with Gasteiger partial charge in [0.05, 0.1) is 36.1 Å². The van der Waals surface area contributed by atoms with Gasteiger partial charge in [-0.2, -0.15) is 0 Å². The largest absolute Gasteiger partial charge is 0.497 e. The van der Waals surface area contributed by atoms with Crippen LogP contribution in [0.1, 0.15) is 5.56 Å². The fourth-order valence-electron chi connectivity index (χ4n) is 3.34. The summed E-state index contributed by atoms with van der Waals surface area (Å²) < 4.78 is 10.9. The monoisotopic (exact) mass is 428 g/mol. The van der Waals surface area contributed by atoms with Crippen LogP contribution in [0, 0.1) is 0 Å². The summed E-state index contributed by atoms with van der Waals surface area (Å²) in [6, 6.07) is 12.1. The molecule has 2 amide bonds. The molecule has 1 saturated heterocycles. The second-order valence-corrected chi connectivity index (χ2v) is 7.79. The highest BCUT2D eigenvalue weighted by Crippen LogP contribution is 2.47. The first kappa shape index (κ1) is 19.4. The smallest absolute Gasteiger partial charge is 0.271 e. The molecule has 7 nitrogen and oxygen atoms in total. The number of para-hydroxylation sites is 1. The average molecular weight is 428 g/mol. The molecule has 148 valence electrons. The number of aliphatic hydroxyl groups excluding tert-OH is 1. The number of nitrogens with zero attached hydrogens (tertiary/aromatic N) is 2. The van der Waals surface area contributed by atoms with E-state index in [0.29, 0.717) is 28.4 Å². The summed E-state index contributed by atoms with van der Waals surface area (Å²) in [6.07, 6.45) is 0. The Labute approximate surface area is 176 Å². The number of thioether (sulfide) groups is 1. The zero-order chi connectivity index (χ0) is 20.7. The highest BCUT2D eigenvalue weighted by molar-refractivity contribution is 8.27. The number of ether oxygens (including phenoxy) is 2. The number of aliphatic hydroxyl groups is 1. The van der Waals surface area contributed by atoms with E-state index in [4.69, 9.17) is 21.7 Å².